The molecule has 3 nitrogen and oxygen atoms in total. The molecular weight excluding hydrogens is 144 g/mol. The Morgan fingerprint density at radius 1 is 1.73 bits per heavy atom. The van der Waals surface area contributed by atoms with Crippen LogP contribution in [0.1, 0.15) is 19.8 Å². The van der Waals surface area contributed by atoms with E-state index in [2.05, 4.69) is 0 Å². The van der Waals surface area contributed by atoms with E-state index in [1.165, 1.54) is 0 Å². The van der Waals surface area contributed by atoms with Crippen molar-refractivity contribution in [3.63, 3.8) is 0 Å². The summed E-state index contributed by atoms with van der Waals surface area (Å²) in [6.07, 6.45) is 1.89. The molecule has 0 spiro atoms. The number of carbonyl (C=O) groups is 1. The highest BCUT2D eigenvalue weighted by Crippen LogP contribution is 2.14. The smallest absolute Gasteiger partial charge is 0.311 e. The van der Waals surface area contributed by atoms with Crippen molar-refractivity contribution < 1.29 is 14.3 Å². The molecule has 0 aromatic heterocycles. The van der Waals surface area contributed by atoms with Crippen LogP contribution in [0.4, 0.5) is 0 Å². The van der Waals surface area contributed by atoms with E-state index in [1.54, 1.807) is 0 Å². The van der Waals surface area contributed by atoms with E-state index in [4.69, 9.17) is 9.47 Å². The van der Waals surface area contributed by atoms with Crippen LogP contribution in [0.5, 0.6) is 0 Å². The van der Waals surface area contributed by atoms with Gasteiger partial charge in [0, 0.05) is 6.61 Å². The van der Waals surface area contributed by atoms with Gasteiger partial charge in [-0.15, -0.1) is 0 Å². The van der Waals surface area contributed by atoms with Gasteiger partial charge >= 0.3 is 5.97 Å². The molecule has 0 aromatic carbocycles. The van der Waals surface area contributed by atoms with Crippen molar-refractivity contribution in [1.29, 1.82) is 0 Å². The summed E-state index contributed by atoms with van der Waals surface area (Å²) in [6, 6.07) is 0. The monoisotopic (exact) mass is 158 g/mol. The Morgan fingerprint density at radius 3 is 3.09 bits per heavy atom. The second kappa shape index (κ2) is 4.34. The van der Waals surface area contributed by atoms with Crippen molar-refractivity contribution in [3.05, 3.63) is 0 Å². The van der Waals surface area contributed by atoms with Gasteiger partial charge in [-0.25, -0.2) is 0 Å². The van der Waals surface area contributed by atoms with Gasteiger partial charge in [0.25, 0.3) is 0 Å². The van der Waals surface area contributed by atoms with E-state index in [1.807, 2.05) is 6.92 Å². The Kier molecular flexibility index (Phi) is 3.36. The number of hydrogen-bond acceptors (Lipinski definition) is 3. The molecule has 0 aliphatic carbocycles. The first-order valence-electron chi connectivity index (χ1n) is 4.09. The highest BCUT2D eigenvalue weighted by molar-refractivity contribution is 5.72. The average Bonchev–Trinajstić information content (AvgIpc) is 2.07. The molecule has 0 amide bonds. The summed E-state index contributed by atoms with van der Waals surface area (Å²) in [5.41, 5.74) is 0. The third kappa shape index (κ3) is 2.50. The van der Waals surface area contributed by atoms with Crippen LogP contribution in [0, 0.1) is 5.92 Å². The Labute approximate surface area is 66.7 Å². The minimum atomic E-state index is -0.104. The minimum Gasteiger partial charge on any atom is -0.466 e. The zero-order valence-electron chi connectivity index (χ0n) is 6.84. The molecule has 1 heterocycles. The summed E-state index contributed by atoms with van der Waals surface area (Å²) >= 11 is 0. The van der Waals surface area contributed by atoms with E-state index < -0.39 is 0 Å². The molecule has 1 atom stereocenters. The van der Waals surface area contributed by atoms with E-state index in [0.717, 1.165) is 19.4 Å². The average molecular weight is 158 g/mol. The SMILES string of the molecule is CCOC(=O)C1CCCOC1. The summed E-state index contributed by atoms with van der Waals surface area (Å²) in [5.74, 6) is -0.115. The maximum absolute atomic E-state index is 11.1. The molecule has 1 aliphatic heterocycles. The van der Waals surface area contributed by atoms with Gasteiger partial charge in [0.2, 0.25) is 0 Å². The quantitative estimate of drug-likeness (QED) is 0.562. The predicted molar refractivity (Wildman–Crippen MR) is 40.2 cm³/mol. The molecule has 1 aliphatic rings. The van der Waals surface area contributed by atoms with E-state index in [0.29, 0.717) is 13.2 Å². The first-order chi connectivity index (χ1) is 5.34. The Bertz CT molecular complexity index is 127. The lowest BCUT2D eigenvalue weighted by molar-refractivity contribution is -0.152. The van der Waals surface area contributed by atoms with Crippen LogP contribution in [0.25, 0.3) is 0 Å². The molecule has 64 valence electrons. The first-order valence-corrected chi connectivity index (χ1v) is 4.09. The van der Waals surface area contributed by atoms with Gasteiger partial charge < -0.3 is 9.47 Å². The van der Waals surface area contributed by atoms with Crippen molar-refractivity contribution >= 4 is 5.97 Å². The van der Waals surface area contributed by atoms with Crippen LogP contribution in [-0.4, -0.2) is 25.8 Å². The summed E-state index contributed by atoms with van der Waals surface area (Å²) in [5, 5.41) is 0. The lowest BCUT2D eigenvalue weighted by Crippen LogP contribution is -2.26. The number of carbonyl (C=O) groups excluding carboxylic acids is 1. The Hall–Kier alpha value is -0.570. The van der Waals surface area contributed by atoms with Crippen molar-refractivity contribution in [2.24, 2.45) is 5.92 Å². The maximum Gasteiger partial charge on any atom is 0.311 e. The van der Waals surface area contributed by atoms with Gasteiger partial charge in [0.1, 0.15) is 0 Å². The fourth-order valence-electron chi connectivity index (χ4n) is 1.19. The van der Waals surface area contributed by atoms with Gasteiger partial charge in [-0.1, -0.05) is 0 Å². The fraction of sp³-hybridized carbons (Fsp3) is 0.875. The van der Waals surface area contributed by atoms with Crippen LogP contribution in [0.15, 0.2) is 0 Å². The maximum atomic E-state index is 11.1. The molecule has 11 heavy (non-hydrogen) atoms. The van der Waals surface area contributed by atoms with E-state index in [-0.39, 0.29) is 11.9 Å². The third-order valence-electron chi connectivity index (χ3n) is 1.78. The molecule has 0 N–H and O–H groups in total. The molecule has 1 unspecified atom stereocenters. The van der Waals surface area contributed by atoms with E-state index >= 15 is 0 Å². The second-order valence-electron chi connectivity index (χ2n) is 2.67. The summed E-state index contributed by atoms with van der Waals surface area (Å²) in [4.78, 5) is 11.1. The summed E-state index contributed by atoms with van der Waals surface area (Å²) in [7, 11) is 0. The molecule has 0 saturated carbocycles. The Morgan fingerprint density at radius 2 is 2.55 bits per heavy atom. The molecule has 0 aromatic rings. The van der Waals surface area contributed by atoms with Crippen LogP contribution >= 0.6 is 0 Å². The van der Waals surface area contributed by atoms with Gasteiger partial charge in [0.05, 0.1) is 19.1 Å². The number of esters is 1. The molecule has 1 rings (SSSR count). The molecule has 1 fully saturated rings. The van der Waals surface area contributed by atoms with Crippen LogP contribution in [0.3, 0.4) is 0 Å². The van der Waals surface area contributed by atoms with Gasteiger partial charge in [-0.3, -0.25) is 4.79 Å². The van der Waals surface area contributed by atoms with Crippen LogP contribution < -0.4 is 0 Å². The highest BCUT2D eigenvalue weighted by atomic mass is 16.5. The lowest BCUT2D eigenvalue weighted by atomic mass is 10.0. The highest BCUT2D eigenvalue weighted by Gasteiger charge is 2.22. The van der Waals surface area contributed by atoms with Crippen molar-refractivity contribution in [2.75, 3.05) is 19.8 Å². The van der Waals surface area contributed by atoms with Gasteiger partial charge in [0.15, 0.2) is 0 Å². The van der Waals surface area contributed by atoms with Crippen LogP contribution in [0.2, 0.25) is 0 Å². The standard InChI is InChI=1S/C8H14O3/c1-2-11-8(9)7-4-3-5-10-6-7/h7H,2-6H2,1H3. The molecule has 3 heteroatoms. The van der Waals surface area contributed by atoms with Crippen molar-refractivity contribution in [2.45, 2.75) is 19.8 Å². The van der Waals surface area contributed by atoms with Crippen molar-refractivity contribution in [1.82, 2.24) is 0 Å². The van der Waals surface area contributed by atoms with Crippen LogP contribution in [-0.2, 0) is 14.3 Å². The van der Waals surface area contributed by atoms with Gasteiger partial charge in [-0.2, -0.15) is 0 Å². The zero-order valence-corrected chi connectivity index (χ0v) is 6.84. The second-order valence-corrected chi connectivity index (χ2v) is 2.67. The molecule has 1 saturated heterocycles. The van der Waals surface area contributed by atoms with Crippen molar-refractivity contribution in [3.8, 4) is 0 Å². The number of rotatable bonds is 2. The van der Waals surface area contributed by atoms with E-state index in [9.17, 15) is 4.79 Å². The number of ether oxygens (including phenoxy) is 2. The topological polar surface area (TPSA) is 35.5 Å². The number of hydrogen-bond donors (Lipinski definition) is 0. The Balaban J connectivity index is 2.27. The largest absolute Gasteiger partial charge is 0.466 e. The normalized spacial score (nSPS) is 24.6. The van der Waals surface area contributed by atoms with Gasteiger partial charge in [-0.05, 0) is 19.8 Å². The molecule has 0 radical (unpaired) electrons. The zero-order chi connectivity index (χ0) is 8.10. The molecule has 0 bridgehead atoms. The summed E-state index contributed by atoms with van der Waals surface area (Å²) < 4.78 is 10.0. The first kappa shape index (κ1) is 8.53. The summed E-state index contributed by atoms with van der Waals surface area (Å²) in [6.45, 7) is 3.62. The lowest BCUT2D eigenvalue weighted by Gasteiger charge is -2.19. The fourth-order valence-corrected chi connectivity index (χ4v) is 1.19. The minimum absolute atomic E-state index is 0.0105. The molecular formula is C8H14O3. The third-order valence-corrected chi connectivity index (χ3v) is 1.78. The predicted octanol–water partition coefficient (Wildman–Crippen LogP) is 0.976.